The Morgan fingerprint density at radius 2 is 1.79 bits per heavy atom. The van der Waals surface area contributed by atoms with Gasteiger partial charge >= 0.3 is 0 Å². The van der Waals surface area contributed by atoms with Crippen molar-refractivity contribution in [2.75, 3.05) is 12.4 Å². The van der Waals surface area contributed by atoms with E-state index < -0.39 is 5.60 Å². The Morgan fingerprint density at radius 3 is 2.29 bits per heavy atom. The van der Waals surface area contributed by atoms with Gasteiger partial charge in [0.1, 0.15) is 11.4 Å². The van der Waals surface area contributed by atoms with E-state index in [1.807, 2.05) is 26.0 Å². The number of hydrogen-bond donors (Lipinski definition) is 1. The molecule has 0 heterocycles. The predicted molar refractivity (Wildman–Crippen MR) is 97.8 cm³/mol. The van der Waals surface area contributed by atoms with E-state index in [1.165, 1.54) is 6.42 Å². The van der Waals surface area contributed by atoms with E-state index in [0.717, 1.165) is 54.7 Å². The van der Waals surface area contributed by atoms with Gasteiger partial charge in [-0.15, -0.1) is 0 Å². The first kappa shape index (κ1) is 18.8. The number of benzene rings is 1. The SMILES string of the molecule is CC[C@@H](C)Oc1c(C)cc(NC(=O)C2(OC)CCCCC2)cc1C. The molecule has 1 amide bonds. The normalized spacial score (nSPS) is 18.0. The van der Waals surface area contributed by atoms with Gasteiger partial charge in [0.15, 0.2) is 0 Å². The van der Waals surface area contributed by atoms with E-state index >= 15 is 0 Å². The average molecular weight is 333 g/mol. The van der Waals surface area contributed by atoms with Crippen LogP contribution in [0.2, 0.25) is 0 Å². The molecule has 2 rings (SSSR count). The van der Waals surface area contributed by atoms with E-state index in [2.05, 4.69) is 19.2 Å². The molecule has 0 aliphatic heterocycles. The van der Waals surface area contributed by atoms with E-state index in [4.69, 9.17) is 9.47 Å². The second-order valence-electron chi connectivity index (χ2n) is 6.99. The minimum absolute atomic E-state index is 0.0286. The van der Waals surface area contributed by atoms with E-state index in [1.54, 1.807) is 7.11 Å². The zero-order chi connectivity index (χ0) is 17.7. The fourth-order valence-corrected chi connectivity index (χ4v) is 3.38. The van der Waals surface area contributed by atoms with Crippen LogP contribution in [0.4, 0.5) is 5.69 Å². The highest BCUT2D eigenvalue weighted by molar-refractivity contribution is 5.97. The minimum atomic E-state index is -0.675. The van der Waals surface area contributed by atoms with Gasteiger partial charge in [0.25, 0.3) is 5.91 Å². The van der Waals surface area contributed by atoms with Crippen molar-refractivity contribution in [2.24, 2.45) is 0 Å². The van der Waals surface area contributed by atoms with Crippen molar-refractivity contribution in [1.29, 1.82) is 0 Å². The van der Waals surface area contributed by atoms with Crippen LogP contribution in [0.3, 0.4) is 0 Å². The quantitative estimate of drug-likeness (QED) is 0.816. The Hall–Kier alpha value is -1.55. The van der Waals surface area contributed by atoms with Crippen molar-refractivity contribution < 1.29 is 14.3 Å². The molecule has 0 aromatic heterocycles. The van der Waals surface area contributed by atoms with Crippen molar-refractivity contribution in [2.45, 2.75) is 77.9 Å². The van der Waals surface area contributed by atoms with Crippen LogP contribution in [0.1, 0.15) is 63.5 Å². The lowest BCUT2D eigenvalue weighted by atomic mass is 9.84. The summed E-state index contributed by atoms with van der Waals surface area (Å²) >= 11 is 0. The summed E-state index contributed by atoms with van der Waals surface area (Å²) in [6.45, 7) is 8.22. The molecule has 1 saturated carbocycles. The van der Waals surface area contributed by atoms with Crippen molar-refractivity contribution in [3.8, 4) is 5.75 Å². The summed E-state index contributed by atoms with van der Waals surface area (Å²) in [7, 11) is 1.64. The zero-order valence-corrected chi connectivity index (χ0v) is 15.7. The molecule has 24 heavy (non-hydrogen) atoms. The number of rotatable bonds is 6. The van der Waals surface area contributed by atoms with Crippen molar-refractivity contribution in [3.63, 3.8) is 0 Å². The van der Waals surface area contributed by atoms with Crippen molar-refractivity contribution in [1.82, 2.24) is 0 Å². The lowest BCUT2D eigenvalue weighted by molar-refractivity contribution is -0.141. The molecule has 1 fully saturated rings. The highest BCUT2D eigenvalue weighted by atomic mass is 16.5. The van der Waals surface area contributed by atoms with Gasteiger partial charge in [0.2, 0.25) is 0 Å². The summed E-state index contributed by atoms with van der Waals surface area (Å²) in [6.07, 6.45) is 6.00. The largest absolute Gasteiger partial charge is 0.490 e. The van der Waals surface area contributed by atoms with Crippen molar-refractivity contribution >= 4 is 11.6 Å². The lowest BCUT2D eigenvalue weighted by Gasteiger charge is -2.34. The Kier molecular flexibility index (Phi) is 6.27. The van der Waals surface area contributed by atoms with Gasteiger partial charge in [0, 0.05) is 12.8 Å². The Balaban J connectivity index is 2.16. The Labute approximate surface area is 145 Å². The van der Waals surface area contributed by atoms with E-state index in [0.29, 0.717) is 0 Å². The molecule has 1 aliphatic carbocycles. The minimum Gasteiger partial charge on any atom is -0.490 e. The average Bonchev–Trinajstić information content (AvgIpc) is 2.58. The molecule has 4 heteroatoms. The molecule has 1 aromatic carbocycles. The number of carbonyl (C=O) groups is 1. The molecule has 0 bridgehead atoms. The number of carbonyl (C=O) groups excluding carboxylic acids is 1. The van der Waals surface area contributed by atoms with Crippen molar-refractivity contribution in [3.05, 3.63) is 23.3 Å². The molecule has 1 atom stereocenters. The Morgan fingerprint density at radius 1 is 1.21 bits per heavy atom. The molecule has 0 radical (unpaired) electrons. The third-order valence-electron chi connectivity index (χ3n) is 5.08. The summed E-state index contributed by atoms with van der Waals surface area (Å²) < 4.78 is 11.6. The molecule has 0 saturated heterocycles. The molecule has 1 aliphatic rings. The standard InChI is InChI=1S/C20H31NO3/c1-6-16(4)24-18-14(2)12-17(13-15(18)3)21-19(22)20(23-5)10-8-7-9-11-20/h12-13,16H,6-11H2,1-5H3,(H,21,22)/t16-/m1/s1. The molecular formula is C20H31NO3. The number of methoxy groups -OCH3 is 1. The second kappa shape index (κ2) is 8.02. The van der Waals surface area contributed by atoms with Gasteiger partial charge in [0.05, 0.1) is 6.10 Å². The van der Waals surface area contributed by atoms with Gasteiger partial charge < -0.3 is 14.8 Å². The number of ether oxygens (including phenoxy) is 2. The lowest BCUT2D eigenvalue weighted by Crippen LogP contribution is -2.46. The van der Waals surface area contributed by atoms with Crippen LogP contribution in [-0.4, -0.2) is 24.7 Å². The van der Waals surface area contributed by atoms with Crippen LogP contribution in [0.15, 0.2) is 12.1 Å². The number of nitrogens with one attached hydrogen (secondary N) is 1. The summed E-state index contributed by atoms with van der Waals surface area (Å²) in [5, 5.41) is 3.06. The molecule has 1 N–H and O–H groups in total. The third-order valence-corrected chi connectivity index (χ3v) is 5.08. The van der Waals surface area contributed by atoms with Crippen LogP contribution >= 0.6 is 0 Å². The smallest absolute Gasteiger partial charge is 0.256 e. The summed E-state index contributed by atoms with van der Waals surface area (Å²) in [6, 6.07) is 3.96. The van der Waals surface area contributed by atoms with Crippen LogP contribution < -0.4 is 10.1 Å². The van der Waals surface area contributed by atoms with Gasteiger partial charge in [-0.2, -0.15) is 0 Å². The molecule has 134 valence electrons. The van der Waals surface area contributed by atoms with Gasteiger partial charge in [-0.05, 0) is 63.3 Å². The second-order valence-corrected chi connectivity index (χ2v) is 6.99. The monoisotopic (exact) mass is 333 g/mol. The highest BCUT2D eigenvalue weighted by Crippen LogP contribution is 2.33. The van der Waals surface area contributed by atoms with Crippen LogP contribution in [0.5, 0.6) is 5.75 Å². The van der Waals surface area contributed by atoms with Crippen LogP contribution in [-0.2, 0) is 9.53 Å². The van der Waals surface area contributed by atoms with E-state index in [9.17, 15) is 4.79 Å². The first-order valence-electron chi connectivity index (χ1n) is 9.06. The Bertz CT molecular complexity index is 553. The van der Waals surface area contributed by atoms with Crippen LogP contribution in [0, 0.1) is 13.8 Å². The first-order chi connectivity index (χ1) is 11.4. The summed E-state index contributed by atoms with van der Waals surface area (Å²) in [5.74, 6) is 0.889. The molecular weight excluding hydrogens is 302 g/mol. The fraction of sp³-hybridized carbons (Fsp3) is 0.650. The summed E-state index contributed by atoms with van der Waals surface area (Å²) in [4.78, 5) is 12.8. The molecule has 4 nitrogen and oxygen atoms in total. The number of anilines is 1. The maximum Gasteiger partial charge on any atom is 0.256 e. The van der Waals surface area contributed by atoms with Gasteiger partial charge in [-0.1, -0.05) is 26.2 Å². The van der Waals surface area contributed by atoms with E-state index in [-0.39, 0.29) is 12.0 Å². The topological polar surface area (TPSA) is 47.6 Å². The fourth-order valence-electron chi connectivity index (χ4n) is 3.38. The highest BCUT2D eigenvalue weighted by Gasteiger charge is 2.39. The molecule has 0 spiro atoms. The number of amides is 1. The molecule has 1 aromatic rings. The summed E-state index contributed by atoms with van der Waals surface area (Å²) in [5.41, 5.74) is 2.22. The maximum atomic E-state index is 12.8. The number of aryl methyl sites for hydroxylation is 2. The zero-order valence-electron chi connectivity index (χ0n) is 15.7. The first-order valence-corrected chi connectivity index (χ1v) is 9.06. The molecule has 0 unspecified atom stereocenters. The predicted octanol–water partition coefficient (Wildman–Crippen LogP) is 4.77. The van der Waals surface area contributed by atoms with Gasteiger partial charge in [-0.3, -0.25) is 4.79 Å². The third kappa shape index (κ3) is 4.10. The van der Waals surface area contributed by atoms with Crippen LogP contribution in [0.25, 0.3) is 0 Å². The maximum absolute atomic E-state index is 12.8. The van der Waals surface area contributed by atoms with Gasteiger partial charge in [-0.25, -0.2) is 0 Å². The number of hydrogen-bond acceptors (Lipinski definition) is 3.